The highest BCUT2D eigenvalue weighted by molar-refractivity contribution is 7.89. The van der Waals surface area contributed by atoms with E-state index in [2.05, 4.69) is 0 Å². The Morgan fingerprint density at radius 2 is 2.00 bits per heavy atom. The average molecular weight is 240 g/mol. The Labute approximate surface area is 91.3 Å². The van der Waals surface area contributed by atoms with Crippen molar-refractivity contribution in [2.24, 2.45) is 0 Å². The van der Waals surface area contributed by atoms with Crippen LogP contribution in [0.5, 0.6) is 0 Å². The zero-order valence-electron chi connectivity index (χ0n) is 8.32. The topological polar surface area (TPSA) is 82.2 Å². The van der Waals surface area contributed by atoms with Gasteiger partial charge < -0.3 is 0 Å². The van der Waals surface area contributed by atoms with Gasteiger partial charge in [0.2, 0.25) is 10.0 Å². The Balaban J connectivity index is 2.94. The molecular weight excluding hydrogens is 232 g/mol. The Morgan fingerprint density at radius 3 is 2.56 bits per heavy atom. The maximum Gasteiger partial charge on any atom is 0.294 e. The predicted molar refractivity (Wildman–Crippen MR) is 58.8 cm³/mol. The maximum absolute atomic E-state index is 11.4. The van der Waals surface area contributed by atoms with Crippen LogP contribution < -0.4 is 0 Å². The van der Waals surface area contributed by atoms with E-state index in [0.29, 0.717) is 5.39 Å². The van der Waals surface area contributed by atoms with Gasteiger partial charge in [0.05, 0.1) is 11.2 Å². The van der Waals surface area contributed by atoms with Crippen molar-refractivity contribution in [3.05, 3.63) is 40.6 Å². The lowest BCUT2D eigenvalue weighted by molar-refractivity contribution is -0.383. The van der Waals surface area contributed by atoms with E-state index in [-0.39, 0.29) is 11.2 Å². The molecule has 1 aromatic heterocycles. The van der Waals surface area contributed by atoms with Crippen LogP contribution in [0.3, 0.4) is 0 Å². The molecular formula is C9H8N2O4S. The molecule has 0 atom stereocenters. The number of para-hydroxylation sites is 1. The summed E-state index contributed by atoms with van der Waals surface area (Å²) in [5, 5.41) is 11.3. The number of hydrogen-bond acceptors (Lipinski definition) is 4. The summed E-state index contributed by atoms with van der Waals surface area (Å²) in [6.45, 7) is 0. The molecule has 0 aliphatic carbocycles. The number of benzene rings is 1. The first-order valence-corrected chi connectivity index (χ1v) is 6.21. The van der Waals surface area contributed by atoms with Crippen LogP contribution in [-0.4, -0.2) is 23.6 Å². The first-order chi connectivity index (χ1) is 7.41. The van der Waals surface area contributed by atoms with Gasteiger partial charge in [-0.3, -0.25) is 10.1 Å². The minimum Gasteiger partial charge on any atom is -0.258 e. The van der Waals surface area contributed by atoms with Gasteiger partial charge in [-0.2, -0.15) is 0 Å². The molecule has 6 nitrogen and oxygen atoms in total. The molecule has 2 aromatic rings. The van der Waals surface area contributed by atoms with Crippen LogP contribution in [0.4, 0.5) is 5.69 Å². The van der Waals surface area contributed by atoms with Gasteiger partial charge in [-0.15, -0.1) is 0 Å². The number of nitro groups is 1. The molecule has 7 heteroatoms. The number of hydrogen-bond donors (Lipinski definition) is 0. The third-order valence-corrected chi connectivity index (χ3v) is 3.23. The van der Waals surface area contributed by atoms with Crippen molar-refractivity contribution in [1.29, 1.82) is 0 Å². The maximum atomic E-state index is 11.4. The van der Waals surface area contributed by atoms with Gasteiger partial charge in [0.15, 0.2) is 0 Å². The van der Waals surface area contributed by atoms with Gasteiger partial charge in [-0.05, 0) is 6.07 Å². The molecule has 0 radical (unpaired) electrons. The second-order valence-corrected chi connectivity index (χ2v) is 5.21. The largest absolute Gasteiger partial charge is 0.294 e. The van der Waals surface area contributed by atoms with E-state index >= 15 is 0 Å². The van der Waals surface area contributed by atoms with Crippen molar-refractivity contribution in [3.63, 3.8) is 0 Å². The van der Waals surface area contributed by atoms with E-state index in [4.69, 9.17) is 0 Å². The van der Waals surface area contributed by atoms with E-state index in [9.17, 15) is 18.5 Å². The normalized spacial score (nSPS) is 11.8. The highest BCUT2D eigenvalue weighted by Crippen LogP contribution is 2.27. The number of nitrogens with zero attached hydrogens (tertiary/aromatic N) is 2. The summed E-state index contributed by atoms with van der Waals surface area (Å²) >= 11 is 0. The van der Waals surface area contributed by atoms with Crippen LogP contribution in [0.2, 0.25) is 0 Å². The third kappa shape index (κ3) is 1.54. The summed E-state index contributed by atoms with van der Waals surface area (Å²) in [5.41, 5.74) is -0.108. The van der Waals surface area contributed by atoms with E-state index in [1.54, 1.807) is 6.07 Å². The van der Waals surface area contributed by atoms with Gasteiger partial charge in [-0.1, -0.05) is 12.1 Å². The van der Waals surface area contributed by atoms with Crippen LogP contribution in [-0.2, 0) is 10.0 Å². The molecule has 0 amide bonds. The predicted octanol–water partition coefficient (Wildman–Crippen LogP) is 1.36. The van der Waals surface area contributed by atoms with Crippen LogP contribution in [0.15, 0.2) is 30.5 Å². The van der Waals surface area contributed by atoms with Crippen molar-refractivity contribution >= 4 is 26.6 Å². The Kier molecular flexibility index (Phi) is 2.20. The lowest BCUT2D eigenvalue weighted by Crippen LogP contribution is -2.09. The van der Waals surface area contributed by atoms with Gasteiger partial charge in [0, 0.05) is 17.6 Å². The van der Waals surface area contributed by atoms with Gasteiger partial charge >= 0.3 is 0 Å². The number of nitro benzene ring substituents is 1. The van der Waals surface area contributed by atoms with Crippen molar-refractivity contribution in [2.45, 2.75) is 0 Å². The molecule has 0 saturated heterocycles. The number of aromatic nitrogens is 1. The molecule has 0 unspecified atom stereocenters. The molecule has 84 valence electrons. The van der Waals surface area contributed by atoms with Crippen molar-refractivity contribution in [2.75, 3.05) is 6.26 Å². The molecule has 0 saturated carbocycles. The second-order valence-electron chi connectivity index (χ2n) is 3.35. The number of rotatable bonds is 2. The molecule has 0 aliphatic rings. The summed E-state index contributed by atoms with van der Waals surface area (Å²) in [6.07, 6.45) is 2.32. The average Bonchev–Trinajstić information content (AvgIpc) is 2.59. The molecule has 1 aromatic carbocycles. The van der Waals surface area contributed by atoms with Crippen LogP contribution in [0, 0.1) is 10.1 Å². The van der Waals surface area contributed by atoms with E-state index in [1.807, 2.05) is 0 Å². The summed E-state index contributed by atoms with van der Waals surface area (Å²) in [4.78, 5) is 10.2. The van der Waals surface area contributed by atoms with Crippen molar-refractivity contribution in [3.8, 4) is 0 Å². The summed E-state index contributed by atoms with van der Waals surface area (Å²) in [7, 11) is -3.53. The van der Waals surface area contributed by atoms with E-state index in [0.717, 1.165) is 10.2 Å². The minimum absolute atomic E-state index is 0.106. The molecule has 0 fully saturated rings. The molecule has 0 bridgehead atoms. The molecule has 2 rings (SSSR count). The first-order valence-electron chi connectivity index (χ1n) is 4.36. The lowest BCUT2D eigenvalue weighted by atomic mass is 10.2. The number of fused-ring (bicyclic) bond motifs is 1. The van der Waals surface area contributed by atoms with Crippen LogP contribution in [0.1, 0.15) is 0 Å². The fourth-order valence-electron chi connectivity index (χ4n) is 1.57. The Hall–Kier alpha value is -1.89. The summed E-state index contributed by atoms with van der Waals surface area (Å²) < 4.78 is 23.8. The van der Waals surface area contributed by atoms with E-state index in [1.165, 1.54) is 24.4 Å². The van der Waals surface area contributed by atoms with Crippen LogP contribution in [0.25, 0.3) is 10.9 Å². The third-order valence-electron chi connectivity index (χ3n) is 2.21. The lowest BCUT2D eigenvalue weighted by Gasteiger charge is -2.02. The summed E-state index contributed by atoms with van der Waals surface area (Å²) in [5.74, 6) is 0. The SMILES string of the molecule is CS(=O)(=O)n1ccc2cccc([N+](=O)[O-])c21. The molecule has 1 heterocycles. The second kappa shape index (κ2) is 3.31. The molecule has 0 aliphatic heterocycles. The zero-order chi connectivity index (χ0) is 11.9. The fraction of sp³-hybridized carbons (Fsp3) is 0.111. The van der Waals surface area contributed by atoms with Gasteiger partial charge in [0.1, 0.15) is 5.52 Å². The van der Waals surface area contributed by atoms with Gasteiger partial charge in [-0.25, -0.2) is 12.4 Å². The minimum atomic E-state index is -3.53. The highest BCUT2D eigenvalue weighted by atomic mass is 32.2. The Bertz CT molecular complexity index is 672. The highest BCUT2D eigenvalue weighted by Gasteiger charge is 2.19. The molecule has 0 spiro atoms. The van der Waals surface area contributed by atoms with Crippen molar-refractivity contribution < 1.29 is 13.3 Å². The zero-order valence-corrected chi connectivity index (χ0v) is 9.14. The quantitative estimate of drug-likeness (QED) is 0.586. The number of non-ortho nitro benzene ring substituents is 1. The van der Waals surface area contributed by atoms with E-state index < -0.39 is 14.9 Å². The first kappa shape index (κ1) is 10.6. The van der Waals surface area contributed by atoms with Crippen LogP contribution >= 0.6 is 0 Å². The van der Waals surface area contributed by atoms with Crippen molar-refractivity contribution in [1.82, 2.24) is 3.97 Å². The monoisotopic (exact) mass is 240 g/mol. The summed E-state index contributed by atoms with van der Waals surface area (Å²) in [6, 6.07) is 5.96. The smallest absolute Gasteiger partial charge is 0.258 e. The Morgan fingerprint density at radius 1 is 1.31 bits per heavy atom. The fourth-order valence-corrected chi connectivity index (χ4v) is 2.38. The standard InChI is InChI=1S/C9H8N2O4S/c1-16(14,15)10-6-5-7-3-2-4-8(9(7)10)11(12)13/h2-6H,1H3. The molecule has 16 heavy (non-hydrogen) atoms. The molecule has 0 N–H and O–H groups in total. The van der Waals surface area contributed by atoms with Gasteiger partial charge in [0.25, 0.3) is 5.69 Å².